The fourth-order valence-electron chi connectivity index (χ4n) is 3.14. The SMILES string of the molecule is Cc1noc(CNc2ccc(C(=O)N3CCCC[C@@H]3C)cc2C)n1. The predicted octanol–water partition coefficient (Wildman–Crippen LogP) is 3.31. The van der Waals surface area contributed by atoms with Crippen LogP contribution < -0.4 is 5.32 Å². The number of piperidine rings is 1. The number of hydrogen-bond donors (Lipinski definition) is 1. The number of hydrogen-bond acceptors (Lipinski definition) is 5. The number of aryl methyl sites for hydroxylation is 2. The van der Waals surface area contributed by atoms with Gasteiger partial charge in [0.1, 0.15) is 0 Å². The largest absolute Gasteiger partial charge is 0.376 e. The summed E-state index contributed by atoms with van der Waals surface area (Å²) in [6, 6.07) is 6.11. The Labute approximate surface area is 142 Å². The Morgan fingerprint density at radius 2 is 2.21 bits per heavy atom. The van der Waals surface area contributed by atoms with Crippen LogP contribution in [-0.2, 0) is 6.54 Å². The first kappa shape index (κ1) is 16.5. The Balaban J connectivity index is 1.68. The number of rotatable bonds is 4. The number of carbonyl (C=O) groups is 1. The third kappa shape index (κ3) is 3.58. The van der Waals surface area contributed by atoms with Gasteiger partial charge < -0.3 is 14.7 Å². The number of nitrogens with zero attached hydrogens (tertiary/aromatic N) is 3. The highest BCUT2D eigenvalue weighted by Gasteiger charge is 2.24. The van der Waals surface area contributed by atoms with Crippen molar-refractivity contribution < 1.29 is 9.32 Å². The highest BCUT2D eigenvalue weighted by Crippen LogP contribution is 2.22. The molecule has 1 amide bonds. The fourth-order valence-corrected chi connectivity index (χ4v) is 3.14. The predicted molar refractivity (Wildman–Crippen MR) is 91.9 cm³/mol. The van der Waals surface area contributed by atoms with Crippen molar-refractivity contribution in [3.05, 3.63) is 41.0 Å². The van der Waals surface area contributed by atoms with Crippen LogP contribution in [0, 0.1) is 13.8 Å². The van der Waals surface area contributed by atoms with Crippen LogP contribution in [0.2, 0.25) is 0 Å². The van der Waals surface area contributed by atoms with Gasteiger partial charge in [0.15, 0.2) is 5.82 Å². The lowest BCUT2D eigenvalue weighted by molar-refractivity contribution is 0.0635. The lowest BCUT2D eigenvalue weighted by Gasteiger charge is -2.33. The summed E-state index contributed by atoms with van der Waals surface area (Å²) >= 11 is 0. The van der Waals surface area contributed by atoms with Crippen LogP contribution in [0.3, 0.4) is 0 Å². The summed E-state index contributed by atoms with van der Waals surface area (Å²) in [5.74, 6) is 1.30. The highest BCUT2D eigenvalue weighted by atomic mass is 16.5. The Hall–Kier alpha value is -2.37. The summed E-state index contributed by atoms with van der Waals surface area (Å²) in [6.07, 6.45) is 3.40. The average Bonchev–Trinajstić information content (AvgIpc) is 2.99. The van der Waals surface area contributed by atoms with Gasteiger partial charge in [-0.1, -0.05) is 5.16 Å². The van der Waals surface area contributed by atoms with Crippen LogP contribution in [-0.4, -0.2) is 33.5 Å². The molecule has 0 spiro atoms. The van der Waals surface area contributed by atoms with E-state index in [9.17, 15) is 4.79 Å². The summed E-state index contributed by atoms with van der Waals surface area (Å²) in [5, 5.41) is 7.05. The molecule has 0 unspecified atom stereocenters. The molecule has 24 heavy (non-hydrogen) atoms. The van der Waals surface area contributed by atoms with Crippen molar-refractivity contribution in [2.45, 2.75) is 52.6 Å². The van der Waals surface area contributed by atoms with E-state index < -0.39 is 0 Å². The zero-order valence-electron chi connectivity index (χ0n) is 14.5. The maximum atomic E-state index is 12.7. The molecule has 6 heteroatoms. The van der Waals surface area contributed by atoms with E-state index in [-0.39, 0.29) is 5.91 Å². The first-order valence-electron chi connectivity index (χ1n) is 8.49. The number of carbonyl (C=O) groups excluding carboxylic acids is 1. The Bertz CT molecular complexity index is 726. The van der Waals surface area contributed by atoms with Gasteiger partial charge in [-0.25, -0.2) is 0 Å². The molecule has 1 atom stereocenters. The molecule has 1 N–H and O–H groups in total. The molecule has 1 fully saturated rings. The van der Waals surface area contributed by atoms with E-state index in [1.54, 1.807) is 6.92 Å². The second kappa shape index (κ2) is 7.03. The summed E-state index contributed by atoms with van der Waals surface area (Å²) in [7, 11) is 0. The molecule has 1 aliphatic rings. The van der Waals surface area contributed by atoms with Crippen molar-refractivity contribution in [2.24, 2.45) is 0 Å². The van der Waals surface area contributed by atoms with Crippen LogP contribution >= 0.6 is 0 Å². The summed E-state index contributed by atoms with van der Waals surface area (Å²) < 4.78 is 5.09. The monoisotopic (exact) mass is 328 g/mol. The summed E-state index contributed by atoms with van der Waals surface area (Å²) in [4.78, 5) is 18.9. The molecule has 0 saturated carbocycles. The molecule has 1 aliphatic heterocycles. The molecule has 0 bridgehead atoms. The average molecular weight is 328 g/mol. The van der Waals surface area contributed by atoms with Crippen molar-refractivity contribution >= 4 is 11.6 Å². The number of aromatic nitrogens is 2. The van der Waals surface area contributed by atoms with Crippen molar-refractivity contribution in [2.75, 3.05) is 11.9 Å². The van der Waals surface area contributed by atoms with Gasteiger partial charge >= 0.3 is 0 Å². The zero-order chi connectivity index (χ0) is 17.1. The van der Waals surface area contributed by atoms with Gasteiger partial charge in [0.05, 0.1) is 6.54 Å². The summed E-state index contributed by atoms with van der Waals surface area (Å²) in [5.41, 5.74) is 2.75. The van der Waals surface area contributed by atoms with Crippen molar-refractivity contribution in [1.82, 2.24) is 15.0 Å². The normalized spacial score (nSPS) is 17.8. The minimum Gasteiger partial charge on any atom is -0.376 e. The van der Waals surface area contributed by atoms with Crippen molar-refractivity contribution in [1.29, 1.82) is 0 Å². The first-order chi connectivity index (χ1) is 11.5. The van der Waals surface area contributed by atoms with Crippen molar-refractivity contribution in [3.8, 4) is 0 Å². The van der Waals surface area contributed by atoms with Crippen molar-refractivity contribution in [3.63, 3.8) is 0 Å². The van der Waals surface area contributed by atoms with Gasteiger partial charge in [-0.2, -0.15) is 4.98 Å². The summed E-state index contributed by atoms with van der Waals surface area (Å²) in [6.45, 7) is 7.25. The molecule has 0 aliphatic carbocycles. The van der Waals surface area contributed by atoms with Crippen LogP contribution in [0.25, 0.3) is 0 Å². The lowest BCUT2D eigenvalue weighted by atomic mass is 10.0. The van der Waals surface area contributed by atoms with E-state index >= 15 is 0 Å². The Morgan fingerprint density at radius 3 is 2.88 bits per heavy atom. The fraction of sp³-hybridized carbons (Fsp3) is 0.500. The van der Waals surface area contributed by atoms with Gasteiger partial charge in [-0.05, 0) is 63.8 Å². The molecule has 0 radical (unpaired) electrons. The standard InChI is InChI=1S/C18H24N4O2/c1-12-10-15(18(23)22-9-5-4-6-13(22)2)7-8-16(12)19-11-17-20-14(3)21-24-17/h7-8,10,13,19H,4-6,9,11H2,1-3H3/t13-/m0/s1. The number of nitrogens with one attached hydrogen (secondary N) is 1. The molecular weight excluding hydrogens is 304 g/mol. The maximum Gasteiger partial charge on any atom is 0.254 e. The number of likely N-dealkylation sites (tertiary alicyclic amines) is 1. The molecule has 6 nitrogen and oxygen atoms in total. The number of anilines is 1. The minimum atomic E-state index is 0.129. The van der Waals surface area contributed by atoms with Crippen LogP contribution in [0.15, 0.2) is 22.7 Å². The first-order valence-corrected chi connectivity index (χ1v) is 8.49. The Kier molecular flexibility index (Phi) is 4.83. The van der Waals surface area contributed by atoms with Gasteiger partial charge in [0.2, 0.25) is 5.89 Å². The van der Waals surface area contributed by atoms with Gasteiger partial charge in [0, 0.05) is 23.8 Å². The van der Waals surface area contributed by atoms with E-state index in [0.29, 0.717) is 24.3 Å². The van der Waals surface area contributed by atoms with Gasteiger partial charge in [-0.3, -0.25) is 4.79 Å². The minimum absolute atomic E-state index is 0.129. The van der Waals surface area contributed by atoms with E-state index in [4.69, 9.17) is 4.52 Å². The van der Waals surface area contributed by atoms with Crippen LogP contribution in [0.5, 0.6) is 0 Å². The smallest absolute Gasteiger partial charge is 0.254 e. The number of amides is 1. The molecular formula is C18H24N4O2. The van der Waals surface area contributed by atoms with E-state index in [0.717, 1.165) is 36.2 Å². The van der Waals surface area contributed by atoms with Crippen LogP contribution in [0.4, 0.5) is 5.69 Å². The van der Waals surface area contributed by atoms with Crippen LogP contribution in [0.1, 0.15) is 53.8 Å². The molecule has 2 heterocycles. The number of benzene rings is 1. The zero-order valence-corrected chi connectivity index (χ0v) is 14.5. The molecule has 3 rings (SSSR count). The molecule has 1 saturated heterocycles. The van der Waals surface area contributed by atoms with E-state index in [2.05, 4.69) is 22.4 Å². The molecule has 128 valence electrons. The third-order valence-electron chi connectivity index (χ3n) is 4.54. The quantitative estimate of drug-likeness (QED) is 0.932. The second-order valence-electron chi connectivity index (χ2n) is 6.46. The molecule has 1 aromatic carbocycles. The van der Waals surface area contributed by atoms with Gasteiger partial charge in [-0.15, -0.1) is 0 Å². The second-order valence-corrected chi connectivity index (χ2v) is 6.46. The maximum absolute atomic E-state index is 12.7. The van der Waals surface area contributed by atoms with E-state index in [1.165, 1.54) is 6.42 Å². The van der Waals surface area contributed by atoms with Gasteiger partial charge in [0.25, 0.3) is 5.91 Å². The topological polar surface area (TPSA) is 71.3 Å². The third-order valence-corrected chi connectivity index (χ3v) is 4.54. The molecule has 1 aromatic heterocycles. The lowest BCUT2D eigenvalue weighted by Crippen LogP contribution is -2.42. The van der Waals surface area contributed by atoms with E-state index in [1.807, 2.05) is 30.0 Å². The molecule has 2 aromatic rings. The highest BCUT2D eigenvalue weighted by molar-refractivity contribution is 5.95. The Morgan fingerprint density at radius 1 is 1.38 bits per heavy atom.